The van der Waals surface area contributed by atoms with E-state index in [9.17, 15) is 19.0 Å². The molecular formula is C83H157NO8P+. The third-order valence-corrected chi connectivity index (χ3v) is 19.3. The predicted octanol–water partition coefficient (Wildman–Crippen LogP) is 26.9. The van der Waals surface area contributed by atoms with Gasteiger partial charge in [-0.2, -0.15) is 0 Å². The largest absolute Gasteiger partial charge is 0.472 e. The third kappa shape index (κ3) is 78.6. The Kier molecular flexibility index (Phi) is 72.1. The summed E-state index contributed by atoms with van der Waals surface area (Å²) in [5.41, 5.74) is 0. The molecule has 0 aliphatic heterocycles. The average molecular weight is 1330 g/mol. The maximum absolute atomic E-state index is 12.9. The smallest absolute Gasteiger partial charge is 0.462 e. The SMILES string of the molecule is CC/C=C\C/C=C\C/C=C\C/C=C\C/C=C\CCCCCCCCCCCCCCCCCC(=O)OC(COC(=O)CCCCCCCCCCCCCCCCCCCCCCCCCCCCCCCCCCCCCCCC)COP(=O)(O)OCC[N+](C)(C)C. The van der Waals surface area contributed by atoms with Gasteiger partial charge < -0.3 is 18.9 Å². The molecule has 0 fully saturated rings. The fourth-order valence-electron chi connectivity index (χ4n) is 12.2. The quantitative estimate of drug-likeness (QED) is 0.0211. The Morgan fingerprint density at radius 1 is 0.344 bits per heavy atom. The van der Waals surface area contributed by atoms with Gasteiger partial charge in [0, 0.05) is 12.8 Å². The Labute approximate surface area is 578 Å². The van der Waals surface area contributed by atoms with Crippen LogP contribution in [0.4, 0.5) is 0 Å². The first-order chi connectivity index (χ1) is 45.5. The summed E-state index contributed by atoms with van der Waals surface area (Å²) in [4.78, 5) is 36.0. The number of unbranched alkanes of at least 4 members (excludes halogenated alkanes) is 52. The van der Waals surface area contributed by atoms with Gasteiger partial charge in [0.25, 0.3) is 0 Å². The number of phosphoric acid groups is 1. The van der Waals surface area contributed by atoms with Crippen LogP contribution >= 0.6 is 7.82 Å². The van der Waals surface area contributed by atoms with Crippen molar-refractivity contribution in [1.82, 2.24) is 0 Å². The maximum Gasteiger partial charge on any atom is 0.472 e. The lowest BCUT2D eigenvalue weighted by molar-refractivity contribution is -0.870. The Balaban J connectivity index is 3.90. The van der Waals surface area contributed by atoms with Gasteiger partial charge >= 0.3 is 19.8 Å². The molecule has 0 aliphatic carbocycles. The van der Waals surface area contributed by atoms with Crippen LogP contribution in [0.25, 0.3) is 0 Å². The van der Waals surface area contributed by atoms with Crippen molar-refractivity contribution in [1.29, 1.82) is 0 Å². The standard InChI is InChI=1S/C83H156NO8P/c1-6-8-10-12-14-16-18-20-22-24-26-28-30-32-34-36-38-39-40-41-42-43-44-46-47-49-51-53-55-57-59-61-63-65-67-69-71-73-75-82(85)89-79-81(80-91-93(87,88)90-78-77-84(3,4)5)92-83(86)76-74-72-70-68-66-64-62-60-58-56-54-52-50-48-45-37-35-33-31-29-27-25-23-21-19-17-15-13-11-9-7-2/h9,11,15,17,21,23,27,29,33,35,81H,6-8,10,12-14,16,18-20,22,24-26,28,30-32,34,36-80H2,1-5H3/p+1/b11-9-,17-15-,23-21-,29-27-,35-33-. The van der Waals surface area contributed by atoms with Gasteiger partial charge in [0.1, 0.15) is 19.8 Å². The number of nitrogens with zero attached hydrogens (tertiary/aromatic N) is 1. The highest BCUT2D eigenvalue weighted by atomic mass is 31.2. The maximum atomic E-state index is 12.9. The second-order valence-corrected chi connectivity index (χ2v) is 30.2. The number of hydrogen-bond donors (Lipinski definition) is 1. The minimum absolute atomic E-state index is 0.0329. The zero-order valence-corrected chi connectivity index (χ0v) is 63.4. The van der Waals surface area contributed by atoms with Gasteiger partial charge in [-0.05, 0) is 57.8 Å². The van der Waals surface area contributed by atoms with Crippen molar-refractivity contribution in [2.75, 3.05) is 47.5 Å². The van der Waals surface area contributed by atoms with Crippen molar-refractivity contribution in [2.45, 2.75) is 412 Å². The molecule has 0 aliphatic rings. The van der Waals surface area contributed by atoms with Crippen molar-refractivity contribution in [3.8, 4) is 0 Å². The van der Waals surface area contributed by atoms with Crippen LogP contribution in [-0.4, -0.2) is 74.9 Å². The molecule has 0 amide bonds. The van der Waals surface area contributed by atoms with E-state index in [0.29, 0.717) is 23.9 Å². The van der Waals surface area contributed by atoms with Gasteiger partial charge in [-0.3, -0.25) is 18.6 Å². The van der Waals surface area contributed by atoms with E-state index in [4.69, 9.17) is 18.5 Å². The topological polar surface area (TPSA) is 108 Å². The van der Waals surface area contributed by atoms with Crippen molar-refractivity contribution < 1.29 is 42.1 Å². The van der Waals surface area contributed by atoms with E-state index in [0.717, 1.165) is 64.2 Å². The first kappa shape index (κ1) is 90.7. The Morgan fingerprint density at radius 2 is 0.613 bits per heavy atom. The van der Waals surface area contributed by atoms with Gasteiger partial charge in [-0.25, -0.2) is 4.57 Å². The number of carbonyl (C=O) groups is 2. The summed E-state index contributed by atoms with van der Waals surface area (Å²) in [5.74, 6) is -0.777. The summed E-state index contributed by atoms with van der Waals surface area (Å²) >= 11 is 0. The molecule has 0 radical (unpaired) electrons. The van der Waals surface area contributed by atoms with Crippen LogP contribution in [0, 0.1) is 0 Å². The zero-order chi connectivity index (χ0) is 67.6. The molecule has 0 saturated heterocycles. The number of ether oxygens (including phenoxy) is 2. The molecule has 546 valence electrons. The Bertz CT molecular complexity index is 1750. The number of rotatable bonds is 76. The first-order valence-electron chi connectivity index (χ1n) is 40.5. The summed E-state index contributed by atoms with van der Waals surface area (Å²) in [6.45, 7) is 4.39. The summed E-state index contributed by atoms with van der Waals surface area (Å²) in [5, 5.41) is 0. The summed E-state index contributed by atoms with van der Waals surface area (Å²) in [7, 11) is 1.49. The second-order valence-electron chi connectivity index (χ2n) is 28.8. The lowest BCUT2D eigenvalue weighted by Crippen LogP contribution is -2.37. The van der Waals surface area contributed by atoms with Gasteiger partial charge in [0.2, 0.25) is 0 Å². The molecule has 1 N–H and O–H groups in total. The number of esters is 2. The molecule has 0 heterocycles. The van der Waals surface area contributed by atoms with Gasteiger partial charge in [0.15, 0.2) is 6.10 Å². The van der Waals surface area contributed by atoms with E-state index < -0.39 is 26.5 Å². The molecule has 0 saturated carbocycles. The molecule has 2 unspecified atom stereocenters. The van der Waals surface area contributed by atoms with Crippen molar-refractivity contribution >= 4 is 19.8 Å². The first-order valence-corrected chi connectivity index (χ1v) is 42.0. The Morgan fingerprint density at radius 3 is 0.914 bits per heavy atom. The highest BCUT2D eigenvalue weighted by molar-refractivity contribution is 7.47. The van der Waals surface area contributed by atoms with Crippen LogP contribution < -0.4 is 0 Å². The molecule has 0 aromatic rings. The molecular weight excluding hydrogens is 1170 g/mol. The van der Waals surface area contributed by atoms with Crippen LogP contribution in [0.5, 0.6) is 0 Å². The molecule has 0 aromatic carbocycles. The summed E-state index contributed by atoms with van der Waals surface area (Å²) in [6, 6.07) is 0. The molecule has 0 rings (SSSR count). The van der Waals surface area contributed by atoms with Crippen molar-refractivity contribution in [3.05, 3.63) is 60.8 Å². The number of hydrogen-bond acceptors (Lipinski definition) is 7. The van der Waals surface area contributed by atoms with Gasteiger partial charge in [0.05, 0.1) is 27.7 Å². The number of phosphoric ester groups is 1. The molecule has 0 spiro atoms. The second kappa shape index (κ2) is 73.9. The van der Waals surface area contributed by atoms with Gasteiger partial charge in [-0.15, -0.1) is 0 Å². The zero-order valence-electron chi connectivity index (χ0n) is 62.5. The fraction of sp³-hybridized carbons (Fsp3) is 0.855. The van der Waals surface area contributed by atoms with E-state index in [1.807, 2.05) is 21.1 Å². The predicted molar refractivity (Wildman–Crippen MR) is 404 cm³/mol. The molecule has 10 heteroatoms. The lowest BCUT2D eigenvalue weighted by Gasteiger charge is -2.24. The van der Waals surface area contributed by atoms with E-state index in [2.05, 4.69) is 74.6 Å². The fourth-order valence-corrected chi connectivity index (χ4v) is 12.9. The van der Waals surface area contributed by atoms with Crippen LogP contribution in [0.2, 0.25) is 0 Å². The highest BCUT2D eigenvalue weighted by Crippen LogP contribution is 2.43. The normalized spacial score (nSPS) is 13.3. The molecule has 2 atom stereocenters. The lowest BCUT2D eigenvalue weighted by atomic mass is 10.0. The summed E-state index contributed by atoms with van der Waals surface area (Å²) < 4.78 is 34.8. The summed E-state index contributed by atoms with van der Waals surface area (Å²) in [6.07, 6.45) is 99.5. The van der Waals surface area contributed by atoms with Crippen LogP contribution in [0.15, 0.2) is 60.8 Å². The van der Waals surface area contributed by atoms with Crippen LogP contribution in [-0.2, 0) is 32.7 Å². The van der Waals surface area contributed by atoms with E-state index >= 15 is 0 Å². The van der Waals surface area contributed by atoms with Crippen LogP contribution in [0.3, 0.4) is 0 Å². The highest BCUT2D eigenvalue weighted by Gasteiger charge is 2.27. The number of carbonyl (C=O) groups excluding carboxylic acids is 2. The molecule has 9 nitrogen and oxygen atoms in total. The number of quaternary nitrogens is 1. The minimum Gasteiger partial charge on any atom is -0.462 e. The average Bonchev–Trinajstić information content (AvgIpc) is 2.02. The van der Waals surface area contributed by atoms with Gasteiger partial charge in [-0.1, -0.05) is 396 Å². The van der Waals surface area contributed by atoms with E-state index in [-0.39, 0.29) is 25.6 Å². The minimum atomic E-state index is -4.40. The monoisotopic (exact) mass is 1330 g/mol. The molecule has 93 heavy (non-hydrogen) atoms. The van der Waals surface area contributed by atoms with Crippen LogP contribution in [0.1, 0.15) is 406 Å². The number of likely N-dealkylation sites (N-methyl/N-ethyl adjacent to an activating group) is 1. The number of allylic oxidation sites excluding steroid dienone is 10. The Hall–Kier alpha value is -2.29. The molecule has 0 bridgehead atoms. The van der Waals surface area contributed by atoms with E-state index in [1.54, 1.807) is 0 Å². The molecule has 0 aromatic heterocycles. The third-order valence-electron chi connectivity index (χ3n) is 18.3. The van der Waals surface area contributed by atoms with E-state index in [1.165, 1.54) is 308 Å². The van der Waals surface area contributed by atoms with Crippen molar-refractivity contribution in [2.24, 2.45) is 0 Å². The van der Waals surface area contributed by atoms with Crippen molar-refractivity contribution in [3.63, 3.8) is 0 Å².